The number of nitrogens with two attached hydrogens (primary N) is 1. The molecular weight excluding hydrogens is 223 g/mol. The molecule has 18 heavy (non-hydrogen) atoms. The van der Waals surface area contributed by atoms with Gasteiger partial charge in [-0.05, 0) is 29.9 Å². The first-order valence-electron chi connectivity index (χ1n) is 5.52. The lowest BCUT2D eigenvalue weighted by Crippen LogP contribution is -2.12. The third-order valence-corrected chi connectivity index (χ3v) is 2.57. The molecule has 2 aromatic rings. The van der Waals surface area contributed by atoms with Crippen LogP contribution >= 0.6 is 0 Å². The number of aromatic nitrogens is 2. The van der Waals surface area contributed by atoms with E-state index in [1.807, 2.05) is 48.3 Å². The van der Waals surface area contributed by atoms with E-state index in [9.17, 15) is 0 Å². The second kappa shape index (κ2) is 5.36. The molecule has 0 amide bonds. The van der Waals surface area contributed by atoms with Gasteiger partial charge in [0.25, 0.3) is 0 Å². The van der Waals surface area contributed by atoms with E-state index in [-0.39, 0.29) is 0 Å². The Kier molecular flexibility index (Phi) is 3.62. The monoisotopic (exact) mass is 236 g/mol. The normalized spacial score (nSPS) is 11.3. The largest absolute Gasteiger partial charge is 0.405 e. The molecule has 0 atom stereocenters. The third-order valence-electron chi connectivity index (χ3n) is 2.57. The summed E-state index contributed by atoms with van der Waals surface area (Å²) >= 11 is 0. The summed E-state index contributed by atoms with van der Waals surface area (Å²) in [5.41, 5.74) is 6.76. The highest BCUT2D eigenvalue weighted by molar-refractivity contribution is 6.41. The molecule has 0 aliphatic carbocycles. The number of anilines is 2. The van der Waals surface area contributed by atoms with E-state index < -0.39 is 0 Å². The number of rotatable bonds is 3. The molecular formula is C13H13BN4. The molecule has 4 nitrogen and oxygen atoms in total. The van der Waals surface area contributed by atoms with Crippen LogP contribution in [0.4, 0.5) is 11.5 Å². The van der Waals surface area contributed by atoms with E-state index in [1.165, 1.54) is 6.20 Å². The van der Waals surface area contributed by atoms with Gasteiger partial charge in [0.15, 0.2) is 0 Å². The molecule has 0 unspecified atom stereocenters. The van der Waals surface area contributed by atoms with Crippen molar-refractivity contribution in [2.75, 3.05) is 11.9 Å². The predicted octanol–water partition coefficient (Wildman–Crippen LogP) is 1.67. The van der Waals surface area contributed by atoms with Crippen LogP contribution in [-0.2, 0) is 0 Å². The van der Waals surface area contributed by atoms with E-state index in [0.717, 1.165) is 11.5 Å². The molecule has 88 valence electrons. The molecule has 2 N–H and O–H groups in total. The number of hydrogen-bond acceptors (Lipinski definition) is 4. The zero-order chi connectivity index (χ0) is 13.0. The molecule has 0 aliphatic heterocycles. The average Bonchev–Trinajstić information content (AvgIpc) is 2.46. The molecule has 5 heteroatoms. The van der Waals surface area contributed by atoms with Crippen molar-refractivity contribution in [3.05, 3.63) is 54.6 Å². The van der Waals surface area contributed by atoms with Gasteiger partial charge in [-0.25, -0.2) is 9.97 Å². The Morgan fingerprint density at radius 3 is 2.67 bits per heavy atom. The minimum Gasteiger partial charge on any atom is -0.405 e. The summed E-state index contributed by atoms with van der Waals surface area (Å²) in [4.78, 5) is 10.4. The van der Waals surface area contributed by atoms with E-state index in [1.54, 1.807) is 6.20 Å². The van der Waals surface area contributed by atoms with Crippen molar-refractivity contribution < 1.29 is 0 Å². The van der Waals surface area contributed by atoms with Crippen LogP contribution in [0.15, 0.2) is 48.8 Å². The van der Waals surface area contributed by atoms with E-state index in [2.05, 4.69) is 9.97 Å². The minimum absolute atomic E-state index is 0.360. The fraction of sp³-hybridized carbons (Fsp3) is 0.0769. The summed E-state index contributed by atoms with van der Waals surface area (Å²) in [7, 11) is 7.63. The van der Waals surface area contributed by atoms with Crippen molar-refractivity contribution in [2.24, 2.45) is 5.73 Å². The van der Waals surface area contributed by atoms with Gasteiger partial charge in [0.2, 0.25) is 0 Å². The molecule has 1 aromatic heterocycles. The van der Waals surface area contributed by atoms with Crippen LogP contribution in [0.25, 0.3) is 5.47 Å². The first kappa shape index (κ1) is 12.2. The second-order valence-electron chi connectivity index (χ2n) is 3.76. The maximum atomic E-state index is 5.69. The molecule has 1 heterocycles. The van der Waals surface area contributed by atoms with Crippen molar-refractivity contribution in [2.45, 2.75) is 0 Å². The summed E-state index contributed by atoms with van der Waals surface area (Å²) in [5.74, 6) is 1.19. The molecule has 1 aromatic carbocycles. The highest BCUT2D eigenvalue weighted by Crippen LogP contribution is 2.21. The van der Waals surface area contributed by atoms with Crippen molar-refractivity contribution >= 4 is 24.8 Å². The van der Waals surface area contributed by atoms with Gasteiger partial charge in [-0.2, -0.15) is 0 Å². The molecule has 2 radical (unpaired) electrons. The van der Waals surface area contributed by atoms with Crippen LogP contribution in [0, 0.1) is 0 Å². The standard InChI is InChI=1S/C13H13BN4/c1-18(10-5-3-2-4-6-10)12-7-8-16-13(17-12)11(14)9-15/h2-9H,15H2,1H3. The first-order chi connectivity index (χ1) is 8.72. The second-order valence-corrected chi connectivity index (χ2v) is 3.76. The van der Waals surface area contributed by atoms with Crippen LogP contribution in [0.3, 0.4) is 0 Å². The van der Waals surface area contributed by atoms with Gasteiger partial charge in [-0.15, -0.1) is 0 Å². The molecule has 0 spiro atoms. The highest BCUT2D eigenvalue weighted by Gasteiger charge is 2.06. The van der Waals surface area contributed by atoms with E-state index >= 15 is 0 Å². The topological polar surface area (TPSA) is 55.0 Å². The zero-order valence-electron chi connectivity index (χ0n) is 10.1. The Balaban J connectivity index is 2.34. The van der Waals surface area contributed by atoms with Gasteiger partial charge in [0.05, 0.1) is 0 Å². The fourth-order valence-electron chi connectivity index (χ4n) is 1.53. The van der Waals surface area contributed by atoms with Gasteiger partial charge >= 0.3 is 0 Å². The van der Waals surface area contributed by atoms with Crippen LogP contribution in [0.1, 0.15) is 5.82 Å². The molecule has 0 aliphatic rings. The van der Waals surface area contributed by atoms with Crippen molar-refractivity contribution in [1.29, 1.82) is 0 Å². The summed E-state index contributed by atoms with van der Waals surface area (Å²) in [6, 6.07) is 11.7. The van der Waals surface area contributed by atoms with Crippen LogP contribution in [0.5, 0.6) is 0 Å². The lowest BCUT2D eigenvalue weighted by molar-refractivity contribution is 1.06. The summed E-state index contributed by atoms with van der Waals surface area (Å²) in [5, 5.41) is 0. The first-order valence-corrected chi connectivity index (χ1v) is 5.52. The Bertz CT molecular complexity index is 554. The summed E-state index contributed by atoms with van der Waals surface area (Å²) in [6.07, 6.45) is 2.95. The van der Waals surface area contributed by atoms with Gasteiger partial charge in [-0.3, -0.25) is 0 Å². The van der Waals surface area contributed by atoms with E-state index in [4.69, 9.17) is 13.6 Å². The SMILES string of the molecule is [B]C(=CN)c1nccc(N(C)c2ccccc2)n1. The molecule has 0 fully saturated rings. The predicted molar refractivity (Wildman–Crippen MR) is 74.5 cm³/mol. The maximum absolute atomic E-state index is 5.69. The van der Waals surface area contributed by atoms with Crippen LogP contribution in [-0.4, -0.2) is 24.9 Å². The highest BCUT2D eigenvalue weighted by atomic mass is 15.2. The molecule has 2 rings (SSSR count). The Labute approximate surface area is 108 Å². The number of hydrogen-bond donors (Lipinski definition) is 1. The van der Waals surface area contributed by atoms with Crippen molar-refractivity contribution in [3.63, 3.8) is 0 Å². The van der Waals surface area contributed by atoms with E-state index in [0.29, 0.717) is 11.3 Å². The lowest BCUT2D eigenvalue weighted by Gasteiger charge is -2.18. The Morgan fingerprint density at radius 2 is 2.00 bits per heavy atom. The maximum Gasteiger partial charge on any atom is 0.148 e. The third kappa shape index (κ3) is 2.51. The Morgan fingerprint density at radius 1 is 1.28 bits per heavy atom. The molecule has 0 bridgehead atoms. The van der Waals surface area contributed by atoms with Gasteiger partial charge in [0, 0.05) is 18.9 Å². The smallest absolute Gasteiger partial charge is 0.148 e. The van der Waals surface area contributed by atoms with Gasteiger partial charge < -0.3 is 10.6 Å². The minimum atomic E-state index is 0.360. The van der Waals surface area contributed by atoms with Gasteiger partial charge in [-0.1, -0.05) is 18.2 Å². The number of benzene rings is 1. The number of nitrogens with zero attached hydrogens (tertiary/aromatic N) is 3. The van der Waals surface area contributed by atoms with Crippen LogP contribution in [0.2, 0.25) is 0 Å². The number of para-hydroxylation sites is 1. The lowest BCUT2D eigenvalue weighted by atomic mass is 9.96. The van der Waals surface area contributed by atoms with Gasteiger partial charge in [0.1, 0.15) is 19.5 Å². The molecule has 0 saturated heterocycles. The van der Waals surface area contributed by atoms with Crippen molar-refractivity contribution in [1.82, 2.24) is 9.97 Å². The quantitative estimate of drug-likeness (QED) is 0.823. The summed E-state index contributed by atoms with van der Waals surface area (Å²) in [6.45, 7) is 0. The van der Waals surface area contributed by atoms with Crippen molar-refractivity contribution in [3.8, 4) is 0 Å². The molecule has 0 saturated carbocycles. The average molecular weight is 236 g/mol. The zero-order valence-corrected chi connectivity index (χ0v) is 10.1. The Hall–Kier alpha value is -2.30. The van der Waals surface area contributed by atoms with Crippen LogP contribution < -0.4 is 10.6 Å². The summed E-state index contributed by atoms with van der Waals surface area (Å²) < 4.78 is 0. The fourth-order valence-corrected chi connectivity index (χ4v) is 1.53.